The van der Waals surface area contributed by atoms with Crippen molar-refractivity contribution in [3.05, 3.63) is 40.6 Å². The van der Waals surface area contributed by atoms with E-state index in [-0.39, 0.29) is 10.9 Å². The predicted octanol–water partition coefficient (Wildman–Crippen LogP) is 1.84. The van der Waals surface area contributed by atoms with Gasteiger partial charge in [-0.05, 0) is 12.8 Å². The maximum atomic E-state index is 12.1. The number of fused-ring (bicyclic) bond motifs is 1. The molecule has 1 aromatic rings. The summed E-state index contributed by atoms with van der Waals surface area (Å²) < 4.78 is 7.05. The summed E-state index contributed by atoms with van der Waals surface area (Å²) in [7, 11) is 1.32. The van der Waals surface area contributed by atoms with E-state index in [0.717, 1.165) is 37.3 Å². The average Bonchev–Trinajstić information content (AvgIpc) is 2.76. The normalized spacial score (nSPS) is 20.3. The fourth-order valence-electron chi connectivity index (χ4n) is 3.02. The van der Waals surface area contributed by atoms with Crippen LogP contribution in [0.3, 0.4) is 0 Å². The van der Waals surface area contributed by atoms with E-state index in [1.807, 2.05) is 0 Å². The highest BCUT2D eigenvalue weighted by atomic mass is 32.2. The van der Waals surface area contributed by atoms with Crippen molar-refractivity contribution >= 4 is 23.7 Å². The maximum Gasteiger partial charge on any atom is 0.352 e. The van der Waals surface area contributed by atoms with E-state index in [4.69, 9.17) is 14.8 Å². The molecule has 1 aromatic heterocycles. The van der Waals surface area contributed by atoms with Crippen LogP contribution in [0.5, 0.6) is 0 Å². The minimum absolute atomic E-state index is 0.0366. The third-order valence-corrected chi connectivity index (χ3v) is 5.46. The van der Waals surface area contributed by atoms with Crippen LogP contribution >= 0.6 is 11.8 Å². The number of rotatable bonds is 4. The molecule has 0 spiro atoms. The number of carbonyl (C=O) groups is 2. The van der Waals surface area contributed by atoms with Gasteiger partial charge >= 0.3 is 11.9 Å². The second-order valence-corrected chi connectivity index (χ2v) is 7.13. The molecule has 0 aliphatic carbocycles. The number of methoxy groups -OCH3 is 1. The van der Waals surface area contributed by atoms with Crippen molar-refractivity contribution in [2.24, 2.45) is 0 Å². The Morgan fingerprint density at radius 1 is 1.44 bits per heavy atom. The van der Waals surface area contributed by atoms with E-state index in [2.05, 4.69) is 16.1 Å². The molecule has 25 heavy (non-hydrogen) atoms. The van der Waals surface area contributed by atoms with E-state index in [1.165, 1.54) is 36.9 Å². The van der Waals surface area contributed by atoms with Crippen LogP contribution in [0.2, 0.25) is 0 Å². The Labute approximate surface area is 150 Å². The first-order chi connectivity index (χ1) is 12.1. The molecule has 0 amide bonds. The van der Waals surface area contributed by atoms with Gasteiger partial charge in [-0.15, -0.1) is 11.8 Å². The van der Waals surface area contributed by atoms with E-state index in [0.29, 0.717) is 12.0 Å². The molecule has 2 N–H and O–H groups in total. The average molecular weight is 363 g/mol. The van der Waals surface area contributed by atoms with Gasteiger partial charge in [-0.25, -0.2) is 14.6 Å². The van der Waals surface area contributed by atoms with Crippen molar-refractivity contribution < 1.29 is 19.4 Å². The van der Waals surface area contributed by atoms with Crippen molar-refractivity contribution in [3.8, 4) is 0 Å². The number of nitrogens with zero attached hydrogens (tertiary/aromatic N) is 2. The third-order valence-electron chi connectivity index (χ3n) is 4.33. The van der Waals surface area contributed by atoms with Gasteiger partial charge in [-0.2, -0.15) is 0 Å². The minimum Gasteiger partial charge on any atom is -0.477 e. The number of nitrogens with one attached hydrogen (secondary N) is 1. The summed E-state index contributed by atoms with van der Waals surface area (Å²) in [6.45, 7) is 0.977. The minimum atomic E-state index is -1.07. The Morgan fingerprint density at radius 3 is 3.04 bits per heavy atom. The number of ether oxygens (including phenoxy) is 1. The van der Waals surface area contributed by atoms with Crippen LogP contribution in [0.15, 0.2) is 29.1 Å². The number of thioether (sulfide) groups is 1. The zero-order chi connectivity index (χ0) is 17.8. The number of hydrogen-bond acceptors (Lipinski definition) is 6. The van der Waals surface area contributed by atoms with Crippen molar-refractivity contribution in [2.45, 2.75) is 43.9 Å². The van der Waals surface area contributed by atoms with Crippen LogP contribution < -0.4 is 5.32 Å². The number of imidazole rings is 1. The van der Waals surface area contributed by atoms with Crippen LogP contribution in [-0.2, 0) is 33.7 Å². The Balaban J connectivity index is 1.83. The number of esters is 1. The topological polar surface area (TPSA) is 93.5 Å². The lowest BCUT2D eigenvalue weighted by Crippen LogP contribution is -2.21. The first-order valence-electron chi connectivity index (χ1n) is 8.27. The molecular weight excluding hydrogens is 342 g/mol. The number of aliphatic carboxylic acids is 1. The number of carboxylic acid groups (broad SMARTS) is 1. The molecule has 2 aliphatic rings. The summed E-state index contributed by atoms with van der Waals surface area (Å²) in [6, 6.07) is 0. The zero-order valence-corrected chi connectivity index (χ0v) is 14.8. The molecule has 8 heteroatoms. The molecule has 1 atom stereocenters. The molecular formula is C17H21N3O4S. The van der Waals surface area contributed by atoms with Crippen LogP contribution in [0, 0.1) is 0 Å². The second kappa shape index (κ2) is 7.77. The Hall–Kier alpha value is -2.22. The number of aryl methyl sites for hydroxylation is 2. The van der Waals surface area contributed by atoms with Gasteiger partial charge in [0, 0.05) is 42.4 Å². The van der Waals surface area contributed by atoms with Gasteiger partial charge in [-0.3, -0.25) is 0 Å². The van der Waals surface area contributed by atoms with Crippen LogP contribution in [-0.4, -0.2) is 39.0 Å². The predicted molar refractivity (Wildman–Crippen MR) is 93.8 cm³/mol. The first kappa shape index (κ1) is 17.6. The van der Waals surface area contributed by atoms with E-state index >= 15 is 0 Å². The monoisotopic (exact) mass is 363 g/mol. The molecule has 2 aliphatic heterocycles. The fourth-order valence-corrected chi connectivity index (χ4v) is 4.07. The number of carbonyl (C=O) groups excluding carboxylic acids is 1. The molecule has 0 fully saturated rings. The van der Waals surface area contributed by atoms with E-state index in [9.17, 15) is 9.59 Å². The first-order valence-corrected chi connectivity index (χ1v) is 9.21. The van der Waals surface area contributed by atoms with Gasteiger partial charge in [0.1, 0.15) is 11.5 Å². The van der Waals surface area contributed by atoms with E-state index in [1.54, 1.807) is 0 Å². The summed E-state index contributed by atoms with van der Waals surface area (Å²) in [5.74, 6) is -0.442. The third kappa shape index (κ3) is 4.07. The molecule has 3 rings (SSSR count). The molecule has 7 nitrogen and oxygen atoms in total. The molecule has 134 valence electrons. The number of carboxylic acids is 1. The molecule has 0 saturated carbocycles. The fraction of sp³-hybridized carbons (Fsp3) is 0.471. The Morgan fingerprint density at radius 2 is 2.28 bits per heavy atom. The summed E-state index contributed by atoms with van der Waals surface area (Å²) in [4.78, 5) is 28.0. The standard InChI is InChI=1S/C17H21N3O4S/c1-24-17(23)12-8-18-13(16(21)22)10-25-14(12)7-11-9-20-6-4-2-3-5-15(20)19-11/h8-10,14,18H,2-7H2,1H3,(H,21,22). The molecule has 0 bridgehead atoms. The van der Waals surface area contributed by atoms with Crippen LogP contribution in [0.1, 0.15) is 30.8 Å². The van der Waals surface area contributed by atoms with Crippen LogP contribution in [0.4, 0.5) is 0 Å². The lowest BCUT2D eigenvalue weighted by atomic mass is 10.1. The van der Waals surface area contributed by atoms with Crippen molar-refractivity contribution in [1.82, 2.24) is 14.9 Å². The van der Waals surface area contributed by atoms with Gasteiger partial charge in [-0.1, -0.05) is 6.42 Å². The van der Waals surface area contributed by atoms with Crippen LogP contribution in [0.25, 0.3) is 0 Å². The SMILES string of the molecule is COC(=O)C1=CNC(C(=O)O)=CSC1Cc1cn2c(n1)CCCCC2. The smallest absolute Gasteiger partial charge is 0.352 e. The van der Waals surface area contributed by atoms with Gasteiger partial charge in [0.25, 0.3) is 0 Å². The number of hydrogen-bond donors (Lipinski definition) is 2. The van der Waals surface area contributed by atoms with Crippen molar-refractivity contribution in [2.75, 3.05) is 7.11 Å². The second-order valence-electron chi connectivity index (χ2n) is 6.05. The highest BCUT2D eigenvalue weighted by Gasteiger charge is 2.27. The summed E-state index contributed by atoms with van der Waals surface area (Å²) >= 11 is 1.29. The Kier molecular flexibility index (Phi) is 5.47. The largest absolute Gasteiger partial charge is 0.477 e. The molecule has 0 aromatic carbocycles. The maximum absolute atomic E-state index is 12.1. The Bertz CT molecular complexity index is 715. The number of aromatic nitrogens is 2. The molecule has 3 heterocycles. The molecule has 0 radical (unpaired) electrons. The summed E-state index contributed by atoms with van der Waals surface area (Å²) in [5, 5.41) is 13.1. The van der Waals surface area contributed by atoms with Crippen molar-refractivity contribution in [3.63, 3.8) is 0 Å². The van der Waals surface area contributed by atoms with Gasteiger partial charge in [0.05, 0.1) is 18.4 Å². The lowest BCUT2D eigenvalue weighted by Gasteiger charge is -2.14. The van der Waals surface area contributed by atoms with E-state index < -0.39 is 11.9 Å². The van der Waals surface area contributed by atoms with Gasteiger partial charge < -0.3 is 19.7 Å². The lowest BCUT2D eigenvalue weighted by molar-refractivity contribution is -0.136. The summed E-state index contributed by atoms with van der Waals surface area (Å²) in [6.07, 6.45) is 8.52. The van der Waals surface area contributed by atoms with Crippen molar-refractivity contribution in [1.29, 1.82) is 0 Å². The van der Waals surface area contributed by atoms with Gasteiger partial charge in [0.15, 0.2) is 0 Å². The molecule has 0 saturated heterocycles. The highest BCUT2D eigenvalue weighted by molar-refractivity contribution is 8.03. The van der Waals surface area contributed by atoms with Gasteiger partial charge in [0.2, 0.25) is 0 Å². The summed E-state index contributed by atoms with van der Waals surface area (Å²) in [5.41, 5.74) is 1.36. The highest BCUT2D eigenvalue weighted by Crippen LogP contribution is 2.28. The zero-order valence-electron chi connectivity index (χ0n) is 14.0. The quantitative estimate of drug-likeness (QED) is 0.788. The molecule has 1 unspecified atom stereocenters.